The zero-order chi connectivity index (χ0) is 16.8. The molecule has 0 rings (SSSR count). The number of hydrogen-bond donors (Lipinski definition) is 1. The first kappa shape index (κ1) is 19.2. The van der Waals surface area contributed by atoms with Gasteiger partial charge in [0, 0.05) is 12.5 Å². The number of aliphatic carboxylic acids is 1. The van der Waals surface area contributed by atoms with E-state index in [1.165, 1.54) is 13.8 Å². The van der Waals surface area contributed by atoms with Crippen LogP contribution in [0.25, 0.3) is 0 Å². The SMILES string of the molecule is COC(=O)CCN(CC(F)(F)F)C(=O)C(C)C(C)C(=O)O. The molecule has 0 fully saturated rings. The third-order valence-corrected chi connectivity index (χ3v) is 3.02. The van der Waals surface area contributed by atoms with Crippen LogP contribution in [-0.2, 0) is 19.1 Å². The maximum atomic E-state index is 12.5. The molecule has 0 spiro atoms. The Morgan fingerprint density at radius 3 is 2.10 bits per heavy atom. The van der Waals surface area contributed by atoms with Crippen molar-refractivity contribution in [3.05, 3.63) is 0 Å². The van der Waals surface area contributed by atoms with Crippen molar-refractivity contribution in [2.24, 2.45) is 11.8 Å². The van der Waals surface area contributed by atoms with Crippen LogP contribution in [0.1, 0.15) is 20.3 Å². The zero-order valence-electron chi connectivity index (χ0n) is 11.9. The maximum Gasteiger partial charge on any atom is 0.406 e. The van der Waals surface area contributed by atoms with Crippen LogP contribution < -0.4 is 0 Å². The summed E-state index contributed by atoms with van der Waals surface area (Å²) in [5, 5.41) is 8.80. The Balaban J connectivity index is 4.97. The first-order valence-electron chi connectivity index (χ1n) is 6.14. The second-order valence-corrected chi connectivity index (χ2v) is 4.62. The first-order chi connectivity index (χ1) is 9.49. The average Bonchev–Trinajstić information content (AvgIpc) is 2.38. The van der Waals surface area contributed by atoms with Crippen LogP contribution in [0.15, 0.2) is 0 Å². The highest BCUT2D eigenvalue weighted by atomic mass is 19.4. The first-order valence-corrected chi connectivity index (χ1v) is 6.14. The molecule has 0 heterocycles. The summed E-state index contributed by atoms with van der Waals surface area (Å²) in [6, 6.07) is 0. The van der Waals surface area contributed by atoms with Gasteiger partial charge >= 0.3 is 18.1 Å². The minimum atomic E-state index is -4.64. The Labute approximate surface area is 119 Å². The highest BCUT2D eigenvalue weighted by molar-refractivity contribution is 5.84. The van der Waals surface area contributed by atoms with E-state index in [1.807, 2.05) is 0 Å². The van der Waals surface area contributed by atoms with Gasteiger partial charge in [0.25, 0.3) is 0 Å². The predicted octanol–water partition coefficient (Wildman–Crippen LogP) is 1.30. The molecule has 6 nitrogen and oxygen atoms in total. The number of alkyl halides is 3. The van der Waals surface area contributed by atoms with E-state index < -0.39 is 55.4 Å². The van der Waals surface area contributed by atoms with E-state index in [4.69, 9.17) is 5.11 Å². The molecule has 0 saturated carbocycles. The standard InChI is InChI=1S/C12H18F3NO5/c1-7(8(2)11(19)20)10(18)16(6-12(13,14)15)5-4-9(17)21-3/h7-8H,4-6H2,1-3H3,(H,19,20). The van der Waals surface area contributed by atoms with E-state index in [2.05, 4.69) is 4.74 Å². The summed E-state index contributed by atoms with van der Waals surface area (Å²) in [6.45, 7) is 0.445. The van der Waals surface area contributed by atoms with Crippen molar-refractivity contribution in [2.45, 2.75) is 26.4 Å². The highest BCUT2D eigenvalue weighted by Gasteiger charge is 2.36. The molecule has 0 aromatic carbocycles. The molecule has 0 saturated heterocycles. The molecular formula is C12H18F3NO5. The smallest absolute Gasteiger partial charge is 0.406 e. The van der Waals surface area contributed by atoms with Gasteiger partial charge in [0.1, 0.15) is 6.54 Å². The molecule has 21 heavy (non-hydrogen) atoms. The normalized spacial score (nSPS) is 14.2. The third-order valence-electron chi connectivity index (χ3n) is 3.02. The van der Waals surface area contributed by atoms with Gasteiger partial charge in [0.2, 0.25) is 5.91 Å². The molecule has 9 heteroatoms. The number of halogens is 3. The summed E-state index contributed by atoms with van der Waals surface area (Å²) < 4.78 is 41.7. The Bertz CT molecular complexity index is 397. The van der Waals surface area contributed by atoms with Crippen LogP contribution in [-0.4, -0.2) is 54.2 Å². The van der Waals surface area contributed by atoms with Gasteiger partial charge in [-0.05, 0) is 0 Å². The van der Waals surface area contributed by atoms with Crippen LogP contribution in [0.5, 0.6) is 0 Å². The number of nitrogens with zero attached hydrogens (tertiary/aromatic N) is 1. The van der Waals surface area contributed by atoms with Gasteiger partial charge < -0.3 is 14.7 Å². The van der Waals surface area contributed by atoms with Gasteiger partial charge in [-0.3, -0.25) is 14.4 Å². The lowest BCUT2D eigenvalue weighted by molar-refractivity contribution is -0.167. The fourth-order valence-electron chi connectivity index (χ4n) is 1.53. The second-order valence-electron chi connectivity index (χ2n) is 4.62. The predicted molar refractivity (Wildman–Crippen MR) is 65.2 cm³/mol. The van der Waals surface area contributed by atoms with E-state index in [0.29, 0.717) is 4.90 Å². The van der Waals surface area contributed by atoms with Gasteiger partial charge in [0.05, 0.1) is 19.4 Å². The molecule has 0 aromatic heterocycles. The van der Waals surface area contributed by atoms with Crippen molar-refractivity contribution in [1.82, 2.24) is 4.90 Å². The number of ether oxygens (including phenoxy) is 1. The number of amides is 1. The molecule has 0 aromatic rings. The summed E-state index contributed by atoms with van der Waals surface area (Å²) in [4.78, 5) is 34.2. The Kier molecular flexibility index (Phi) is 7.17. The van der Waals surface area contributed by atoms with Crippen LogP contribution in [0, 0.1) is 11.8 Å². The van der Waals surface area contributed by atoms with Crippen molar-refractivity contribution >= 4 is 17.8 Å². The van der Waals surface area contributed by atoms with Gasteiger partial charge in [-0.2, -0.15) is 13.2 Å². The minimum Gasteiger partial charge on any atom is -0.481 e. The van der Waals surface area contributed by atoms with E-state index in [0.717, 1.165) is 7.11 Å². The van der Waals surface area contributed by atoms with E-state index in [9.17, 15) is 27.6 Å². The largest absolute Gasteiger partial charge is 0.481 e. The molecule has 1 amide bonds. The van der Waals surface area contributed by atoms with Crippen molar-refractivity contribution < 1.29 is 37.4 Å². The Morgan fingerprint density at radius 2 is 1.71 bits per heavy atom. The van der Waals surface area contributed by atoms with Gasteiger partial charge in [0.15, 0.2) is 0 Å². The molecule has 1 N–H and O–H groups in total. The van der Waals surface area contributed by atoms with Crippen LogP contribution in [0.3, 0.4) is 0 Å². The molecule has 122 valence electrons. The lowest BCUT2D eigenvalue weighted by Gasteiger charge is -2.27. The molecule has 0 bridgehead atoms. The highest BCUT2D eigenvalue weighted by Crippen LogP contribution is 2.21. The number of carboxylic acid groups (broad SMARTS) is 1. The molecule has 2 unspecified atom stereocenters. The molecular weight excluding hydrogens is 295 g/mol. The number of hydrogen-bond acceptors (Lipinski definition) is 4. The van der Waals surface area contributed by atoms with Crippen molar-refractivity contribution in [2.75, 3.05) is 20.2 Å². The maximum absolute atomic E-state index is 12.5. The van der Waals surface area contributed by atoms with Crippen molar-refractivity contribution in [3.8, 4) is 0 Å². The number of esters is 1. The quantitative estimate of drug-likeness (QED) is 0.716. The molecule has 0 aliphatic rings. The second kappa shape index (κ2) is 7.84. The summed E-state index contributed by atoms with van der Waals surface area (Å²) >= 11 is 0. The molecule has 2 atom stereocenters. The Hall–Kier alpha value is -1.80. The summed E-state index contributed by atoms with van der Waals surface area (Å²) in [7, 11) is 1.08. The number of rotatable bonds is 7. The van der Waals surface area contributed by atoms with Crippen LogP contribution >= 0.6 is 0 Å². The lowest BCUT2D eigenvalue weighted by atomic mass is 9.94. The number of carboxylic acids is 1. The van der Waals surface area contributed by atoms with Gasteiger partial charge in [-0.15, -0.1) is 0 Å². The summed E-state index contributed by atoms with van der Waals surface area (Å²) in [6.07, 6.45) is -5.04. The fourth-order valence-corrected chi connectivity index (χ4v) is 1.53. The molecule has 0 aliphatic heterocycles. The topological polar surface area (TPSA) is 83.9 Å². The number of carbonyl (C=O) groups is 3. The average molecular weight is 313 g/mol. The van der Waals surface area contributed by atoms with E-state index >= 15 is 0 Å². The number of carbonyl (C=O) groups excluding carboxylic acids is 2. The summed E-state index contributed by atoms with van der Waals surface area (Å²) in [5.74, 6) is -5.27. The zero-order valence-corrected chi connectivity index (χ0v) is 11.9. The fraction of sp³-hybridized carbons (Fsp3) is 0.750. The van der Waals surface area contributed by atoms with Crippen LogP contribution in [0.2, 0.25) is 0 Å². The molecule has 0 aliphatic carbocycles. The molecule has 0 radical (unpaired) electrons. The van der Waals surface area contributed by atoms with Gasteiger partial charge in [-0.25, -0.2) is 0 Å². The number of methoxy groups -OCH3 is 1. The van der Waals surface area contributed by atoms with Crippen molar-refractivity contribution in [1.29, 1.82) is 0 Å². The monoisotopic (exact) mass is 313 g/mol. The van der Waals surface area contributed by atoms with Crippen LogP contribution in [0.4, 0.5) is 13.2 Å². The third kappa shape index (κ3) is 6.96. The van der Waals surface area contributed by atoms with E-state index in [-0.39, 0.29) is 0 Å². The summed E-state index contributed by atoms with van der Waals surface area (Å²) in [5.41, 5.74) is 0. The van der Waals surface area contributed by atoms with Crippen molar-refractivity contribution in [3.63, 3.8) is 0 Å². The Morgan fingerprint density at radius 1 is 1.19 bits per heavy atom. The minimum absolute atomic E-state index is 0.396. The van der Waals surface area contributed by atoms with E-state index in [1.54, 1.807) is 0 Å². The lowest BCUT2D eigenvalue weighted by Crippen LogP contribution is -2.44. The van der Waals surface area contributed by atoms with Gasteiger partial charge in [-0.1, -0.05) is 13.8 Å².